The molecule has 0 amide bonds. The molecule has 0 spiro atoms. The minimum absolute atomic E-state index is 0.0203. The topological polar surface area (TPSA) is 453 Å². The maximum Gasteiger partial charge on any atom is 0.315 e. The molecule has 5 saturated heterocycles. The largest absolute Gasteiger partial charge is 0.432 e. The first-order valence-corrected chi connectivity index (χ1v) is 31.3. The van der Waals surface area contributed by atoms with Crippen LogP contribution in [0.5, 0.6) is 0 Å². The number of hydrogen-bond acceptors (Lipinski definition) is 28. The van der Waals surface area contributed by atoms with Crippen LogP contribution in [-0.2, 0) is 52.2 Å². The van der Waals surface area contributed by atoms with Crippen LogP contribution in [0, 0.1) is 50.2 Å². The Morgan fingerprint density at radius 1 is 0.455 bits per heavy atom. The van der Waals surface area contributed by atoms with E-state index in [-0.39, 0.29) is 39.4 Å². The molecule has 0 radical (unpaired) electrons. The summed E-state index contributed by atoms with van der Waals surface area (Å²) in [4.78, 5) is 14.9. The average Bonchev–Trinajstić information content (AvgIpc) is 0.706. The van der Waals surface area contributed by atoms with Crippen molar-refractivity contribution >= 4 is 5.97 Å². The first-order chi connectivity index (χ1) is 41.3. The minimum Gasteiger partial charge on any atom is -0.432 e. The van der Waals surface area contributed by atoms with Crippen molar-refractivity contribution in [2.45, 2.75) is 272 Å². The van der Waals surface area contributed by atoms with E-state index in [0.717, 1.165) is 19.3 Å². The van der Waals surface area contributed by atoms with Crippen molar-refractivity contribution in [3.8, 4) is 0 Å². The van der Waals surface area contributed by atoms with Crippen molar-refractivity contribution in [3.05, 3.63) is 11.6 Å². The van der Waals surface area contributed by atoms with E-state index in [4.69, 9.17) is 47.4 Å². The van der Waals surface area contributed by atoms with Crippen LogP contribution in [-0.4, -0.2) is 285 Å². The normalized spacial score (nSPS) is 53.5. The first-order valence-electron chi connectivity index (χ1n) is 31.3. The van der Waals surface area contributed by atoms with Crippen LogP contribution >= 0.6 is 0 Å². The molecule has 29 unspecified atom stereocenters. The maximum atomic E-state index is 14.9. The van der Waals surface area contributed by atoms with Crippen molar-refractivity contribution < 1.29 is 139 Å². The number of ether oxygens (including phenoxy) is 10. The number of esters is 1. The SMILES string of the molecule is CC1(C)CC[C@]2(C(=O)OC3OC(CO)C(O)C(O)C3O)CC[C@]3(C)C(=CCC4[C@@]5(C)CCC(OC6OC(CO)C(O)C(OC7OC(CO)C(O)C(OC8OC(CO)C(O)C(O)C8O)C7O)C6OC6OC(CO)C(O)C(O)C6O)C(C)(C)C5CC[C@]43C)C2C1. The molecular weight excluding hydrogens is 1170 g/mol. The molecule has 33 atom stereocenters. The summed E-state index contributed by atoms with van der Waals surface area (Å²) in [6, 6.07) is 0. The monoisotopic (exact) mass is 1270 g/mol. The Hall–Kier alpha value is -1.83. The zero-order chi connectivity index (χ0) is 64.3. The highest BCUT2D eigenvalue weighted by Gasteiger charge is 2.71. The maximum absolute atomic E-state index is 14.9. The number of fused-ring (bicyclic) bond motifs is 7. The van der Waals surface area contributed by atoms with Gasteiger partial charge in [0.1, 0.15) is 122 Å². The molecule has 0 aromatic heterocycles. The number of carbonyl (C=O) groups is 1. The Labute approximate surface area is 510 Å². The van der Waals surface area contributed by atoms with Crippen LogP contribution in [0.3, 0.4) is 0 Å². The highest BCUT2D eigenvalue weighted by molar-refractivity contribution is 5.79. The van der Waals surface area contributed by atoms with Gasteiger partial charge in [-0.2, -0.15) is 0 Å². The number of hydrogen-bond donors (Lipinski definition) is 17. The third kappa shape index (κ3) is 11.5. The molecule has 88 heavy (non-hydrogen) atoms. The molecule has 5 aliphatic carbocycles. The predicted octanol–water partition coefficient (Wildman–Crippen LogP) is -4.21. The van der Waals surface area contributed by atoms with E-state index in [2.05, 4.69) is 54.5 Å². The second kappa shape index (κ2) is 25.7. The van der Waals surface area contributed by atoms with Crippen LogP contribution in [0.4, 0.5) is 0 Å². The number of carbonyl (C=O) groups excluding carboxylic acids is 1. The lowest BCUT2D eigenvalue weighted by Gasteiger charge is -2.71. The average molecular weight is 1270 g/mol. The molecule has 17 N–H and O–H groups in total. The lowest BCUT2D eigenvalue weighted by Crippen LogP contribution is -2.69. The van der Waals surface area contributed by atoms with E-state index < -0.39 is 209 Å². The van der Waals surface area contributed by atoms with E-state index in [1.165, 1.54) is 5.57 Å². The standard InChI is InChI=1S/C60H98O28/c1-55(2)14-16-60(54(78)88-51-44(76)41(73)36(68)28(21-63)81-51)17-15-58(6)24(25(60)18-55)8-9-32-57(5)12-11-33(56(3,4)31(57)10-13-59(32,58)7)84-53-48(87-50-43(75)40(72)35(67)27(20-62)80-50)47(38(70)30(23-65)83-53)86-52-45(77)46(37(69)29(22-64)82-52)85-49-42(74)39(71)34(66)26(19-61)79-49/h8,25-53,61-77H,9-23H2,1-7H3/t25?,26?,27?,28?,29?,30?,31?,32?,33?,34?,35?,36?,37?,38?,39?,40?,41?,42?,43?,44?,45?,46?,47?,48?,49?,50?,51?,52?,53?,57-,58+,59+,60-/m0/s1. The molecule has 28 heteroatoms. The lowest BCUT2D eigenvalue weighted by molar-refractivity contribution is -0.405. The van der Waals surface area contributed by atoms with Gasteiger partial charge in [-0.1, -0.05) is 60.1 Å². The van der Waals surface area contributed by atoms with Crippen molar-refractivity contribution in [1.82, 2.24) is 0 Å². The number of aliphatic hydroxyl groups is 17. The molecule has 5 aliphatic heterocycles. The van der Waals surface area contributed by atoms with Gasteiger partial charge >= 0.3 is 5.97 Å². The Kier molecular flexibility index (Phi) is 20.2. The van der Waals surface area contributed by atoms with E-state index in [1.54, 1.807) is 0 Å². The molecule has 28 nitrogen and oxygen atoms in total. The molecule has 0 bridgehead atoms. The highest BCUT2D eigenvalue weighted by Crippen LogP contribution is 2.76. The molecule has 9 fully saturated rings. The van der Waals surface area contributed by atoms with E-state index >= 15 is 0 Å². The summed E-state index contributed by atoms with van der Waals surface area (Å²) in [5.74, 6) is -0.685. The Balaban J connectivity index is 0.928. The molecule has 0 aromatic carbocycles. The van der Waals surface area contributed by atoms with Gasteiger partial charge in [0.2, 0.25) is 6.29 Å². The quantitative estimate of drug-likeness (QED) is 0.0420. The Morgan fingerprint density at radius 2 is 0.898 bits per heavy atom. The van der Waals surface area contributed by atoms with Gasteiger partial charge < -0.3 is 134 Å². The van der Waals surface area contributed by atoms with Crippen LogP contribution in [0.2, 0.25) is 0 Å². The Bertz CT molecular complexity index is 2430. The van der Waals surface area contributed by atoms with Crippen molar-refractivity contribution in [3.63, 3.8) is 0 Å². The first kappa shape index (κ1) is 69.0. The summed E-state index contributed by atoms with van der Waals surface area (Å²) < 4.78 is 60.9. The predicted molar refractivity (Wildman–Crippen MR) is 295 cm³/mol. The van der Waals surface area contributed by atoms with Gasteiger partial charge in [-0.15, -0.1) is 0 Å². The molecule has 4 saturated carbocycles. The zero-order valence-corrected chi connectivity index (χ0v) is 51.0. The van der Waals surface area contributed by atoms with E-state index in [9.17, 15) is 91.6 Å². The summed E-state index contributed by atoms with van der Waals surface area (Å²) in [6.45, 7) is 11.5. The van der Waals surface area contributed by atoms with Crippen molar-refractivity contribution in [2.24, 2.45) is 50.2 Å². The fraction of sp³-hybridized carbons (Fsp3) is 0.950. The van der Waals surface area contributed by atoms with Gasteiger partial charge in [0, 0.05) is 0 Å². The summed E-state index contributed by atoms with van der Waals surface area (Å²) in [5, 5.41) is 184. The third-order valence-corrected chi connectivity index (χ3v) is 23.5. The molecular formula is C60H98O28. The number of rotatable bonds is 15. The van der Waals surface area contributed by atoms with Gasteiger partial charge in [0.05, 0.1) is 44.6 Å². The van der Waals surface area contributed by atoms with Gasteiger partial charge in [-0.3, -0.25) is 4.79 Å². The van der Waals surface area contributed by atoms with Gasteiger partial charge in [0.15, 0.2) is 25.2 Å². The van der Waals surface area contributed by atoms with Crippen LogP contribution < -0.4 is 0 Å². The number of aliphatic hydroxyl groups excluding tert-OH is 17. The summed E-state index contributed by atoms with van der Waals surface area (Å²) in [6.07, 6.45) is -36.5. The second-order valence-electron chi connectivity index (χ2n) is 29.1. The summed E-state index contributed by atoms with van der Waals surface area (Å²) in [5.41, 5.74) is -1.61. The number of allylic oxidation sites excluding steroid dienone is 2. The summed E-state index contributed by atoms with van der Waals surface area (Å²) >= 11 is 0. The smallest absolute Gasteiger partial charge is 0.315 e. The molecule has 10 aliphatic rings. The van der Waals surface area contributed by atoms with Crippen LogP contribution in [0.15, 0.2) is 11.6 Å². The molecule has 506 valence electrons. The van der Waals surface area contributed by atoms with Gasteiger partial charge in [0.25, 0.3) is 0 Å². The Morgan fingerprint density at radius 3 is 1.43 bits per heavy atom. The zero-order valence-electron chi connectivity index (χ0n) is 51.0. The van der Waals surface area contributed by atoms with Crippen molar-refractivity contribution in [1.29, 1.82) is 0 Å². The van der Waals surface area contributed by atoms with Crippen LogP contribution in [0.1, 0.15) is 113 Å². The van der Waals surface area contributed by atoms with E-state index in [1.807, 2.05) is 0 Å². The fourth-order valence-corrected chi connectivity index (χ4v) is 18.0. The highest BCUT2D eigenvalue weighted by atomic mass is 16.8. The molecule has 5 heterocycles. The molecule has 10 rings (SSSR count). The lowest BCUT2D eigenvalue weighted by atomic mass is 9.33. The van der Waals surface area contributed by atoms with E-state index in [0.29, 0.717) is 44.9 Å². The second-order valence-corrected chi connectivity index (χ2v) is 29.1. The summed E-state index contributed by atoms with van der Waals surface area (Å²) in [7, 11) is 0. The fourth-order valence-electron chi connectivity index (χ4n) is 18.0. The van der Waals surface area contributed by atoms with Crippen molar-refractivity contribution in [2.75, 3.05) is 33.0 Å². The molecule has 0 aromatic rings. The minimum atomic E-state index is -2.12. The van der Waals surface area contributed by atoms with Crippen LogP contribution in [0.25, 0.3) is 0 Å². The van der Waals surface area contributed by atoms with Gasteiger partial charge in [-0.25, -0.2) is 0 Å². The van der Waals surface area contributed by atoms with Gasteiger partial charge in [-0.05, 0) is 109 Å². The third-order valence-electron chi connectivity index (χ3n) is 23.5.